The van der Waals surface area contributed by atoms with E-state index in [9.17, 15) is 0 Å². The third kappa shape index (κ3) is 2.86. The molecule has 2 rings (SSSR count). The average molecular weight is 249 g/mol. The van der Waals surface area contributed by atoms with Crippen LogP contribution in [0.25, 0.3) is 0 Å². The van der Waals surface area contributed by atoms with Gasteiger partial charge >= 0.3 is 0 Å². The molecule has 1 aliphatic rings. The standard InChI is InChI=1S/C15H23NS/c1-10-7-14(16)13-8-12(15(2,3)4)6-5-11(13)9-17-10/h5-6,8,10,14H,7,9,16H2,1-4H3/t10?,14-/m1/s1. The van der Waals surface area contributed by atoms with E-state index in [1.807, 2.05) is 11.8 Å². The lowest BCUT2D eigenvalue weighted by Gasteiger charge is -2.22. The molecule has 1 aliphatic heterocycles. The van der Waals surface area contributed by atoms with Gasteiger partial charge in [0.2, 0.25) is 0 Å². The lowest BCUT2D eigenvalue weighted by Crippen LogP contribution is -2.17. The molecular formula is C15H23NS. The van der Waals surface area contributed by atoms with E-state index in [0.29, 0.717) is 5.25 Å². The van der Waals surface area contributed by atoms with E-state index in [1.54, 1.807) is 0 Å². The first-order valence-corrected chi connectivity index (χ1v) is 7.43. The summed E-state index contributed by atoms with van der Waals surface area (Å²) in [5.41, 5.74) is 10.7. The van der Waals surface area contributed by atoms with Crippen molar-refractivity contribution in [3.8, 4) is 0 Å². The van der Waals surface area contributed by atoms with Crippen molar-refractivity contribution in [1.29, 1.82) is 0 Å². The second-order valence-electron chi connectivity index (χ2n) is 6.13. The van der Waals surface area contributed by atoms with E-state index >= 15 is 0 Å². The van der Waals surface area contributed by atoms with Crippen LogP contribution in [0.4, 0.5) is 0 Å². The molecule has 0 saturated heterocycles. The van der Waals surface area contributed by atoms with Gasteiger partial charge in [0.1, 0.15) is 0 Å². The van der Waals surface area contributed by atoms with Gasteiger partial charge in [-0.1, -0.05) is 45.9 Å². The lowest BCUT2D eigenvalue weighted by molar-refractivity contribution is 0.584. The van der Waals surface area contributed by atoms with Crippen LogP contribution in [0, 0.1) is 0 Å². The van der Waals surface area contributed by atoms with Crippen LogP contribution in [0.2, 0.25) is 0 Å². The Bertz CT molecular complexity index is 406. The molecule has 0 aromatic heterocycles. The predicted octanol–water partition coefficient (Wildman–Crippen LogP) is 4.01. The van der Waals surface area contributed by atoms with E-state index in [4.69, 9.17) is 5.73 Å². The van der Waals surface area contributed by atoms with Gasteiger partial charge < -0.3 is 5.73 Å². The fourth-order valence-electron chi connectivity index (χ4n) is 2.32. The highest BCUT2D eigenvalue weighted by atomic mass is 32.2. The van der Waals surface area contributed by atoms with Gasteiger partial charge in [0.15, 0.2) is 0 Å². The summed E-state index contributed by atoms with van der Waals surface area (Å²) in [4.78, 5) is 0. The van der Waals surface area contributed by atoms with E-state index < -0.39 is 0 Å². The summed E-state index contributed by atoms with van der Waals surface area (Å²) in [6, 6.07) is 7.08. The summed E-state index contributed by atoms with van der Waals surface area (Å²) >= 11 is 2.02. The second-order valence-corrected chi connectivity index (χ2v) is 7.55. The highest BCUT2D eigenvalue weighted by molar-refractivity contribution is 7.99. The monoisotopic (exact) mass is 249 g/mol. The van der Waals surface area contributed by atoms with Gasteiger partial charge in [-0.15, -0.1) is 0 Å². The Morgan fingerprint density at radius 1 is 1.29 bits per heavy atom. The zero-order valence-electron chi connectivity index (χ0n) is 11.3. The van der Waals surface area contributed by atoms with Gasteiger partial charge in [0.25, 0.3) is 0 Å². The molecule has 2 N–H and O–H groups in total. The molecule has 17 heavy (non-hydrogen) atoms. The Hall–Kier alpha value is -0.470. The molecule has 2 atom stereocenters. The van der Waals surface area contributed by atoms with Crippen molar-refractivity contribution in [2.24, 2.45) is 5.73 Å². The number of benzene rings is 1. The number of nitrogens with two attached hydrogens (primary N) is 1. The molecule has 1 nitrogen and oxygen atoms in total. The van der Waals surface area contributed by atoms with Gasteiger partial charge in [0.05, 0.1) is 0 Å². The maximum absolute atomic E-state index is 6.34. The highest BCUT2D eigenvalue weighted by Gasteiger charge is 2.22. The Morgan fingerprint density at radius 3 is 2.65 bits per heavy atom. The number of thioether (sulfide) groups is 1. The minimum atomic E-state index is 0.206. The SMILES string of the molecule is CC1C[C@@H](N)c2cc(C(C)(C)C)ccc2CS1. The lowest BCUT2D eigenvalue weighted by atomic mass is 9.84. The van der Waals surface area contributed by atoms with Crippen LogP contribution in [0.1, 0.15) is 56.8 Å². The van der Waals surface area contributed by atoms with Gasteiger partial charge in [0, 0.05) is 17.0 Å². The maximum Gasteiger partial charge on any atom is 0.0308 e. The van der Waals surface area contributed by atoms with Crippen molar-refractivity contribution in [3.05, 3.63) is 34.9 Å². The second kappa shape index (κ2) is 4.66. The van der Waals surface area contributed by atoms with Gasteiger partial charge in [-0.2, -0.15) is 11.8 Å². The molecule has 1 aromatic carbocycles. The van der Waals surface area contributed by atoms with Crippen LogP contribution >= 0.6 is 11.8 Å². The molecule has 0 fully saturated rings. The van der Waals surface area contributed by atoms with Crippen molar-refractivity contribution >= 4 is 11.8 Å². The molecular weight excluding hydrogens is 226 g/mol. The first-order valence-electron chi connectivity index (χ1n) is 6.38. The fourth-order valence-corrected chi connectivity index (χ4v) is 3.39. The summed E-state index contributed by atoms with van der Waals surface area (Å²) in [6.45, 7) is 9.05. The van der Waals surface area contributed by atoms with Crippen LogP contribution in [-0.4, -0.2) is 5.25 Å². The average Bonchev–Trinajstić information content (AvgIpc) is 2.37. The summed E-state index contributed by atoms with van der Waals surface area (Å²) < 4.78 is 0. The molecule has 1 unspecified atom stereocenters. The van der Waals surface area contributed by atoms with Crippen LogP contribution in [0.15, 0.2) is 18.2 Å². The number of fused-ring (bicyclic) bond motifs is 1. The molecule has 0 bridgehead atoms. The molecule has 0 saturated carbocycles. The van der Waals surface area contributed by atoms with Crippen LogP contribution in [0.3, 0.4) is 0 Å². The highest BCUT2D eigenvalue weighted by Crippen LogP contribution is 2.35. The molecule has 2 heteroatoms. The quantitative estimate of drug-likeness (QED) is 0.752. The van der Waals surface area contributed by atoms with E-state index in [-0.39, 0.29) is 11.5 Å². The van der Waals surface area contributed by atoms with Crippen molar-refractivity contribution in [3.63, 3.8) is 0 Å². The van der Waals surface area contributed by atoms with Crippen molar-refractivity contribution in [1.82, 2.24) is 0 Å². The zero-order chi connectivity index (χ0) is 12.6. The van der Waals surface area contributed by atoms with E-state index in [2.05, 4.69) is 45.9 Å². The Balaban J connectivity index is 2.41. The smallest absolute Gasteiger partial charge is 0.0308 e. The number of hydrogen-bond acceptors (Lipinski definition) is 2. The molecule has 0 spiro atoms. The molecule has 0 radical (unpaired) electrons. The van der Waals surface area contributed by atoms with Crippen molar-refractivity contribution in [2.75, 3.05) is 0 Å². The minimum absolute atomic E-state index is 0.206. The third-order valence-electron chi connectivity index (χ3n) is 3.52. The predicted molar refractivity (Wildman–Crippen MR) is 77.4 cm³/mol. The van der Waals surface area contributed by atoms with Gasteiger partial charge in [-0.3, -0.25) is 0 Å². The normalized spacial score (nSPS) is 25.2. The third-order valence-corrected chi connectivity index (χ3v) is 4.76. The Labute approximate surface area is 109 Å². The first-order chi connectivity index (χ1) is 7.88. The van der Waals surface area contributed by atoms with E-state index in [1.165, 1.54) is 16.7 Å². The van der Waals surface area contributed by atoms with Crippen molar-refractivity contribution < 1.29 is 0 Å². The van der Waals surface area contributed by atoms with Crippen LogP contribution < -0.4 is 5.73 Å². The first kappa shape index (κ1) is 13.0. The van der Waals surface area contributed by atoms with Gasteiger partial charge in [-0.05, 0) is 28.5 Å². The summed E-state index contributed by atoms with van der Waals surface area (Å²) in [5, 5.41) is 0.662. The minimum Gasteiger partial charge on any atom is -0.324 e. The maximum atomic E-state index is 6.34. The molecule has 0 aliphatic carbocycles. The van der Waals surface area contributed by atoms with Crippen LogP contribution in [0.5, 0.6) is 0 Å². The number of hydrogen-bond donors (Lipinski definition) is 1. The largest absolute Gasteiger partial charge is 0.324 e. The van der Waals surface area contributed by atoms with E-state index in [0.717, 1.165) is 12.2 Å². The molecule has 1 heterocycles. The summed E-state index contributed by atoms with van der Waals surface area (Å²) in [6.07, 6.45) is 1.09. The van der Waals surface area contributed by atoms with Crippen molar-refractivity contribution in [2.45, 2.75) is 56.6 Å². The van der Waals surface area contributed by atoms with Crippen LogP contribution in [-0.2, 0) is 11.2 Å². The summed E-state index contributed by atoms with van der Waals surface area (Å²) in [7, 11) is 0. The molecule has 0 amide bonds. The zero-order valence-corrected chi connectivity index (χ0v) is 12.1. The molecule has 1 aromatic rings. The molecule has 94 valence electrons. The summed E-state index contributed by atoms with van der Waals surface area (Å²) in [5.74, 6) is 1.11. The topological polar surface area (TPSA) is 26.0 Å². The fraction of sp³-hybridized carbons (Fsp3) is 0.600. The number of rotatable bonds is 0. The Morgan fingerprint density at radius 2 is 2.00 bits per heavy atom. The van der Waals surface area contributed by atoms with Gasteiger partial charge in [-0.25, -0.2) is 0 Å². The Kier molecular flexibility index (Phi) is 3.55.